The number of hydrogen-bond donors (Lipinski definition) is 2. The Bertz CT molecular complexity index is 429. The van der Waals surface area contributed by atoms with E-state index in [4.69, 9.17) is 5.73 Å². The van der Waals surface area contributed by atoms with E-state index in [2.05, 4.69) is 15.2 Å². The van der Waals surface area contributed by atoms with Gasteiger partial charge in [-0.1, -0.05) is 6.92 Å². The van der Waals surface area contributed by atoms with Gasteiger partial charge in [0.25, 0.3) is 5.91 Å². The molecule has 1 aliphatic heterocycles. The molecule has 104 valence electrons. The lowest BCUT2D eigenvalue weighted by Gasteiger charge is -2.19. The van der Waals surface area contributed by atoms with Gasteiger partial charge in [-0.15, -0.1) is 0 Å². The molecule has 1 amide bonds. The Morgan fingerprint density at radius 3 is 2.95 bits per heavy atom. The molecule has 1 unspecified atom stereocenters. The third-order valence-electron chi connectivity index (χ3n) is 3.45. The van der Waals surface area contributed by atoms with Crippen molar-refractivity contribution in [3.8, 4) is 0 Å². The summed E-state index contributed by atoms with van der Waals surface area (Å²) >= 11 is 0. The summed E-state index contributed by atoms with van der Waals surface area (Å²) in [5.74, 6) is 1.03. The molecule has 1 atom stereocenters. The lowest BCUT2D eigenvalue weighted by molar-refractivity contribution is 0.0949. The molecular weight excluding hydrogens is 240 g/mol. The van der Waals surface area contributed by atoms with E-state index in [1.807, 2.05) is 13.0 Å². The van der Waals surface area contributed by atoms with E-state index in [-0.39, 0.29) is 11.8 Å². The van der Waals surface area contributed by atoms with Crippen LogP contribution in [0.3, 0.4) is 0 Å². The van der Waals surface area contributed by atoms with E-state index in [0.29, 0.717) is 18.7 Å². The Hall–Kier alpha value is -1.62. The molecule has 1 aromatic rings. The van der Waals surface area contributed by atoms with Gasteiger partial charge in [0.15, 0.2) is 0 Å². The first-order valence-corrected chi connectivity index (χ1v) is 6.90. The predicted molar refractivity (Wildman–Crippen MR) is 76.2 cm³/mol. The Morgan fingerprint density at radius 1 is 1.53 bits per heavy atom. The Balaban J connectivity index is 2.08. The van der Waals surface area contributed by atoms with Crippen LogP contribution < -0.4 is 16.0 Å². The van der Waals surface area contributed by atoms with Crippen molar-refractivity contribution in [3.05, 3.63) is 23.9 Å². The number of nitrogens with one attached hydrogen (secondary N) is 1. The van der Waals surface area contributed by atoms with Crippen LogP contribution in [0.5, 0.6) is 0 Å². The summed E-state index contributed by atoms with van der Waals surface area (Å²) in [6.07, 6.45) is 4.08. The third-order valence-corrected chi connectivity index (χ3v) is 3.45. The van der Waals surface area contributed by atoms with Crippen molar-refractivity contribution in [2.75, 3.05) is 31.1 Å². The summed E-state index contributed by atoms with van der Waals surface area (Å²) in [5, 5.41) is 2.93. The van der Waals surface area contributed by atoms with Crippen LogP contribution in [0.15, 0.2) is 18.3 Å². The van der Waals surface area contributed by atoms with E-state index in [0.717, 1.165) is 18.9 Å². The fourth-order valence-corrected chi connectivity index (χ4v) is 2.20. The van der Waals surface area contributed by atoms with E-state index in [1.165, 1.54) is 12.8 Å². The molecule has 2 rings (SSSR count). The number of hydrogen-bond acceptors (Lipinski definition) is 4. The first kappa shape index (κ1) is 13.8. The number of carbonyl (C=O) groups is 1. The number of carbonyl (C=O) groups excluding carboxylic acids is 1. The van der Waals surface area contributed by atoms with Crippen molar-refractivity contribution >= 4 is 11.7 Å². The van der Waals surface area contributed by atoms with Gasteiger partial charge in [-0.3, -0.25) is 4.79 Å². The molecule has 0 aromatic carbocycles. The molecule has 0 saturated carbocycles. The van der Waals surface area contributed by atoms with Crippen molar-refractivity contribution in [3.63, 3.8) is 0 Å². The van der Waals surface area contributed by atoms with Crippen LogP contribution in [0, 0.1) is 5.92 Å². The van der Waals surface area contributed by atoms with Gasteiger partial charge in [-0.05, 0) is 37.4 Å². The largest absolute Gasteiger partial charge is 0.356 e. The molecule has 2 heterocycles. The molecule has 1 aliphatic rings. The Labute approximate surface area is 114 Å². The van der Waals surface area contributed by atoms with Crippen LogP contribution >= 0.6 is 0 Å². The zero-order chi connectivity index (χ0) is 13.7. The highest BCUT2D eigenvalue weighted by molar-refractivity contribution is 5.98. The number of nitrogens with zero attached hydrogens (tertiary/aromatic N) is 2. The third kappa shape index (κ3) is 3.44. The standard InChI is InChI=1S/C14H22N4O/c1-11(9-15)10-17-14(19)12-5-4-6-16-13(12)18-7-2-3-8-18/h4-6,11H,2-3,7-10,15H2,1H3,(H,17,19). The van der Waals surface area contributed by atoms with Crippen molar-refractivity contribution in [1.82, 2.24) is 10.3 Å². The lowest BCUT2D eigenvalue weighted by atomic mass is 10.1. The molecule has 5 heteroatoms. The van der Waals surface area contributed by atoms with Crippen LogP contribution in [-0.2, 0) is 0 Å². The van der Waals surface area contributed by atoms with E-state index in [1.54, 1.807) is 12.3 Å². The van der Waals surface area contributed by atoms with Crippen LogP contribution in [0.4, 0.5) is 5.82 Å². The summed E-state index contributed by atoms with van der Waals surface area (Å²) < 4.78 is 0. The van der Waals surface area contributed by atoms with Crippen LogP contribution in [0.1, 0.15) is 30.1 Å². The van der Waals surface area contributed by atoms with Gasteiger partial charge in [0.2, 0.25) is 0 Å². The monoisotopic (exact) mass is 262 g/mol. The van der Waals surface area contributed by atoms with Gasteiger partial charge in [0, 0.05) is 25.8 Å². The average Bonchev–Trinajstić information content (AvgIpc) is 2.98. The highest BCUT2D eigenvalue weighted by Crippen LogP contribution is 2.21. The average molecular weight is 262 g/mol. The summed E-state index contributed by atoms with van der Waals surface area (Å²) in [6.45, 7) is 5.16. The summed E-state index contributed by atoms with van der Waals surface area (Å²) in [7, 11) is 0. The van der Waals surface area contributed by atoms with Crippen LogP contribution in [0.2, 0.25) is 0 Å². The molecule has 1 aromatic heterocycles. The smallest absolute Gasteiger partial charge is 0.255 e. The topological polar surface area (TPSA) is 71.2 Å². The quantitative estimate of drug-likeness (QED) is 0.830. The second-order valence-corrected chi connectivity index (χ2v) is 5.12. The lowest BCUT2D eigenvalue weighted by Crippen LogP contribution is -2.33. The zero-order valence-corrected chi connectivity index (χ0v) is 11.4. The molecule has 1 fully saturated rings. The first-order valence-electron chi connectivity index (χ1n) is 6.90. The second-order valence-electron chi connectivity index (χ2n) is 5.12. The van der Waals surface area contributed by atoms with E-state index >= 15 is 0 Å². The zero-order valence-electron chi connectivity index (χ0n) is 11.4. The number of anilines is 1. The molecule has 3 N–H and O–H groups in total. The molecule has 1 saturated heterocycles. The second kappa shape index (κ2) is 6.52. The van der Waals surface area contributed by atoms with Crippen LogP contribution in [-0.4, -0.2) is 37.1 Å². The normalized spacial score (nSPS) is 16.4. The molecular formula is C14H22N4O. The highest BCUT2D eigenvalue weighted by Gasteiger charge is 2.20. The molecule has 0 spiro atoms. The van der Waals surface area contributed by atoms with Crippen molar-refractivity contribution in [2.24, 2.45) is 11.7 Å². The minimum Gasteiger partial charge on any atom is -0.356 e. The van der Waals surface area contributed by atoms with E-state index in [9.17, 15) is 4.79 Å². The number of aromatic nitrogens is 1. The fourth-order valence-electron chi connectivity index (χ4n) is 2.20. The van der Waals surface area contributed by atoms with Crippen LogP contribution in [0.25, 0.3) is 0 Å². The minimum absolute atomic E-state index is 0.0599. The molecule has 19 heavy (non-hydrogen) atoms. The van der Waals surface area contributed by atoms with E-state index < -0.39 is 0 Å². The summed E-state index contributed by atoms with van der Waals surface area (Å²) in [4.78, 5) is 18.8. The molecule has 0 radical (unpaired) electrons. The van der Waals surface area contributed by atoms with Crippen molar-refractivity contribution in [2.45, 2.75) is 19.8 Å². The minimum atomic E-state index is -0.0599. The number of amides is 1. The number of pyridine rings is 1. The Morgan fingerprint density at radius 2 is 2.26 bits per heavy atom. The van der Waals surface area contributed by atoms with Gasteiger partial charge in [-0.2, -0.15) is 0 Å². The van der Waals surface area contributed by atoms with Crippen molar-refractivity contribution < 1.29 is 4.79 Å². The predicted octanol–water partition coefficient (Wildman–Crippen LogP) is 1.01. The van der Waals surface area contributed by atoms with Gasteiger partial charge < -0.3 is 16.0 Å². The van der Waals surface area contributed by atoms with Gasteiger partial charge in [0.1, 0.15) is 5.82 Å². The maximum Gasteiger partial charge on any atom is 0.255 e. The number of rotatable bonds is 5. The maximum absolute atomic E-state index is 12.2. The first-order chi connectivity index (χ1) is 9.22. The fraction of sp³-hybridized carbons (Fsp3) is 0.571. The molecule has 0 aliphatic carbocycles. The molecule has 5 nitrogen and oxygen atoms in total. The SMILES string of the molecule is CC(CN)CNC(=O)c1cccnc1N1CCCC1. The Kier molecular flexibility index (Phi) is 4.74. The summed E-state index contributed by atoms with van der Waals surface area (Å²) in [6, 6.07) is 3.64. The van der Waals surface area contributed by atoms with Gasteiger partial charge in [-0.25, -0.2) is 4.98 Å². The maximum atomic E-state index is 12.2. The number of nitrogens with two attached hydrogens (primary N) is 1. The van der Waals surface area contributed by atoms with Gasteiger partial charge in [0.05, 0.1) is 5.56 Å². The molecule has 0 bridgehead atoms. The van der Waals surface area contributed by atoms with Gasteiger partial charge >= 0.3 is 0 Å². The van der Waals surface area contributed by atoms with Crippen molar-refractivity contribution in [1.29, 1.82) is 0 Å². The summed E-state index contributed by atoms with van der Waals surface area (Å²) in [5.41, 5.74) is 6.22. The highest BCUT2D eigenvalue weighted by atomic mass is 16.1.